The molecule has 7 rings (SSSR count). The lowest BCUT2D eigenvalue weighted by atomic mass is 9.95. The van der Waals surface area contributed by atoms with Gasteiger partial charge in [0.25, 0.3) is 0 Å². The highest BCUT2D eigenvalue weighted by Crippen LogP contribution is 2.42. The van der Waals surface area contributed by atoms with Gasteiger partial charge in [0, 0.05) is 49.2 Å². The van der Waals surface area contributed by atoms with Gasteiger partial charge in [0.1, 0.15) is 35.5 Å². The van der Waals surface area contributed by atoms with Crippen LogP contribution in [0.1, 0.15) is 49.7 Å². The Bertz CT molecular complexity index is 1940. The van der Waals surface area contributed by atoms with Gasteiger partial charge in [-0.2, -0.15) is 9.97 Å². The van der Waals surface area contributed by atoms with Crippen molar-refractivity contribution in [2.45, 2.75) is 57.2 Å². The smallest absolute Gasteiger partial charge is 0.349 e. The summed E-state index contributed by atoms with van der Waals surface area (Å²) >= 11 is 0. The molecule has 11 heteroatoms. The molecule has 0 bridgehead atoms. The molecule has 0 saturated carbocycles. The average molecular weight is 631 g/mol. The maximum absolute atomic E-state index is 14.9. The van der Waals surface area contributed by atoms with Gasteiger partial charge in [0.15, 0.2) is 5.82 Å². The fourth-order valence-electron chi connectivity index (χ4n) is 7.73. The van der Waals surface area contributed by atoms with Crippen molar-refractivity contribution in [3.8, 4) is 35.4 Å². The van der Waals surface area contributed by atoms with Crippen molar-refractivity contribution in [1.29, 1.82) is 0 Å². The number of hydrogen-bond acceptors (Lipinski definition) is 9. The van der Waals surface area contributed by atoms with Crippen LogP contribution in [0.15, 0.2) is 33.5 Å². The second-order valence-electron chi connectivity index (χ2n) is 12.9. The third kappa shape index (κ3) is 5.13. The van der Waals surface area contributed by atoms with Crippen molar-refractivity contribution in [3.05, 3.63) is 51.6 Å². The SMILES string of the molecule is C#Cc1c(F)ccc2cc(O)cc(-c3oc(=O)c4c(N5CCCC[C@@H](CO)C5)nc(OC[C@@]56CCCN5C[C@H](F)C6)nc4c3C)c12. The number of phenolic OH excluding ortho intramolecular Hbond substituents is 1. The second-order valence-corrected chi connectivity index (χ2v) is 12.9. The molecular formula is C35H36F2N4O5. The van der Waals surface area contributed by atoms with Gasteiger partial charge in [-0.3, -0.25) is 4.90 Å². The van der Waals surface area contributed by atoms with Crippen LogP contribution in [-0.4, -0.2) is 76.2 Å². The number of rotatable bonds is 6. The Morgan fingerprint density at radius 2 is 2.02 bits per heavy atom. The molecule has 0 amide bonds. The molecule has 0 spiro atoms. The maximum Gasteiger partial charge on any atom is 0.349 e. The Morgan fingerprint density at radius 1 is 1.17 bits per heavy atom. The minimum absolute atomic E-state index is 0.00204. The summed E-state index contributed by atoms with van der Waals surface area (Å²) < 4.78 is 41.7. The number of nitrogens with zero attached hydrogens (tertiary/aromatic N) is 4. The van der Waals surface area contributed by atoms with E-state index in [1.807, 2.05) is 4.90 Å². The first-order chi connectivity index (χ1) is 22.2. The molecule has 0 radical (unpaired) electrons. The summed E-state index contributed by atoms with van der Waals surface area (Å²) in [5, 5.41) is 21.6. The molecule has 5 heterocycles. The normalized spacial score (nSPS) is 23.5. The molecule has 2 aromatic heterocycles. The maximum atomic E-state index is 14.9. The number of benzene rings is 2. The van der Waals surface area contributed by atoms with Crippen LogP contribution in [0, 0.1) is 31.0 Å². The van der Waals surface area contributed by atoms with E-state index in [0.29, 0.717) is 48.2 Å². The monoisotopic (exact) mass is 630 g/mol. The zero-order valence-electron chi connectivity index (χ0n) is 25.7. The summed E-state index contributed by atoms with van der Waals surface area (Å²) in [5.41, 5.74) is -0.201. The lowest BCUT2D eigenvalue weighted by molar-refractivity contribution is 0.107. The fraction of sp³-hybridized carbons (Fsp3) is 0.457. The van der Waals surface area contributed by atoms with E-state index >= 15 is 0 Å². The van der Waals surface area contributed by atoms with E-state index in [-0.39, 0.29) is 58.7 Å². The van der Waals surface area contributed by atoms with E-state index in [2.05, 4.69) is 10.8 Å². The van der Waals surface area contributed by atoms with Crippen LogP contribution < -0.4 is 15.3 Å². The van der Waals surface area contributed by atoms with E-state index in [1.165, 1.54) is 24.3 Å². The number of terminal acetylenes is 1. The van der Waals surface area contributed by atoms with Gasteiger partial charge in [0.05, 0.1) is 16.6 Å². The van der Waals surface area contributed by atoms with Crippen molar-refractivity contribution >= 4 is 27.5 Å². The lowest BCUT2D eigenvalue weighted by Gasteiger charge is -2.31. The number of fused-ring (bicyclic) bond motifs is 3. The molecule has 2 N–H and O–H groups in total. The highest BCUT2D eigenvalue weighted by Gasteiger charge is 2.49. The van der Waals surface area contributed by atoms with Crippen molar-refractivity contribution in [1.82, 2.24) is 14.9 Å². The highest BCUT2D eigenvalue weighted by molar-refractivity contribution is 6.03. The van der Waals surface area contributed by atoms with Gasteiger partial charge >= 0.3 is 11.6 Å². The number of aromatic nitrogens is 2. The van der Waals surface area contributed by atoms with Gasteiger partial charge in [-0.15, -0.1) is 6.42 Å². The number of aliphatic hydroxyl groups excluding tert-OH is 1. The van der Waals surface area contributed by atoms with Crippen LogP contribution in [-0.2, 0) is 0 Å². The Kier molecular flexibility index (Phi) is 7.81. The Morgan fingerprint density at radius 3 is 2.83 bits per heavy atom. The molecule has 3 fully saturated rings. The first-order valence-electron chi connectivity index (χ1n) is 15.9. The molecule has 46 heavy (non-hydrogen) atoms. The summed E-state index contributed by atoms with van der Waals surface area (Å²) in [6, 6.07) is 5.64. The molecule has 0 aliphatic carbocycles. The van der Waals surface area contributed by atoms with E-state index in [0.717, 1.165) is 38.6 Å². The fourth-order valence-corrected chi connectivity index (χ4v) is 7.73. The van der Waals surface area contributed by atoms with Crippen LogP contribution in [0.25, 0.3) is 33.0 Å². The number of ether oxygens (including phenoxy) is 1. The van der Waals surface area contributed by atoms with Crippen molar-refractivity contribution in [2.75, 3.05) is 44.3 Å². The van der Waals surface area contributed by atoms with E-state index in [4.69, 9.17) is 25.5 Å². The molecule has 9 nitrogen and oxygen atoms in total. The first kappa shape index (κ1) is 30.4. The summed E-state index contributed by atoms with van der Waals surface area (Å²) in [6.07, 6.45) is 9.55. The second kappa shape index (κ2) is 11.8. The van der Waals surface area contributed by atoms with E-state index < -0.39 is 23.2 Å². The van der Waals surface area contributed by atoms with Crippen LogP contribution >= 0.6 is 0 Å². The molecule has 3 aliphatic heterocycles. The Labute approximate surface area is 264 Å². The van der Waals surface area contributed by atoms with Crippen molar-refractivity contribution < 1.29 is 28.1 Å². The minimum Gasteiger partial charge on any atom is -0.508 e. The molecule has 3 aliphatic rings. The number of aryl methyl sites for hydroxylation is 1. The van der Waals surface area contributed by atoms with Crippen molar-refractivity contribution in [3.63, 3.8) is 0 Å². The number of halogens is 2. The molecule has 3 saturated heterocycles. The molecule has 3 atom stereocenters. The predicted octanol–water partition coefficient (Wildman–Crippen LogP) is 5.09. The topological polar surface area (TPSA) is 112 Å². The van der Waals surface area contributed by atoms with Gasteiger partial charge in [-0.05, 0) is 68.7 Å². The van der Waals surface area contributed by atoms with E-state index in [1.54, 1.807) is 6.92 Å². The zero-order valence-corrected chi connectivity index (χ0v) is 25.7. The van der Waals surface area contributed by atoms with Crippen LogP contribution in [0.4, 0.5) is 14.6 Å². The largest absolute Gasteiger partial charge is 0.508 e. The average Bonchev–Trinajstić information content (AvgIpc) is 3.45. The van der Waals surface area contributed by atoms with Crippen LogP contribution in [0.2, 0.25) is 0 Å². The van der Waals surface area contributed by atoms with Gasteiger partial charge in [-0.25, -0.2) is 13.6 Å². The molecule has 2 aromatic carbocycles. The predicted molar refractivity (Wildman–Crippen MR) is 170 cm³/mol. The first-order valence-corrected chi connectivity index (χ1v) is 15.9. The number of hydrogen-bond donors (Lipinski definition) is 2. The molecular weight excluding hydrogens is 594 g/mol. The number of alkyl halides is 1. The molecule has 0 unspecified atom stereocenters. The number of aromatic hydroxyl groups is 1. The number of anilines is 1. The summed E-state index contributed by atoms with van der Waals surface area (Å²) in [5.74, 6) is 2.08. The van der Waals surface area contributed by atoms with Gasteiger partial charge < -0.3 is 24.3 Å². The zero-order chi connectivity index (χ0) is 32.2. The van der Waals surface area contributed by atoms with Crippen LogP contribution in [0.3, 0.4) is 0 Å². The Balaban J connectivity index is 1.42. The Hall–Kier alpha value is -4.27. The van der Waals surface area contributed by atoms with Crippen molar-refractivity contribution in [2.24, 2.45) is 5.92 Å². The van der Waals surface area contributed by atoms with Crippen LogP contribution in [0.5, 0.6) is 11.8 Å². The highest BCUT2D eigenvalue weighted by atomic mass is 19.1. The number of phenols is 1. The lowest BCUT2D eigenvalue weighted by Crippen LogP contribution is -2.43. The quantitative estimate of drug-likeness (QED) is 0.282. The number of aliphatic hydroxyl groups is 1. The third-order valence-corrected chi connectivity index (χ3v) is 9.96. The summed E-state index contributed by atoms with van der Waals surface area (Å²) in [7, 11) is 0. The van der Waals surface area contributed by atoms with Gasteiger partial charge in [0.2, 0.25) is 0 Å². The summed E-state index contributed by atoms with van der Waals surface area (Å²) in [6.45, 7) is 4.20. The standard InChI is InChI=1S/C35H36F2N4O5/c1-3-25-27(37)9-8-22-13-24(43)14-26(28(22)25)31-20(2)30-29(33(44)46-31)32(40-11-5-4-7-21(16-40)18-42)39-34(38-30)45-19-35-10-6-12-41(35)17-23(36)15-35/h1,8-9,13-14,21,23,42-43H,4-7,10-12,15-19H2,2H3/t21-,23-,35+/m1/s1. The molecule has 4 aromatic rings. The van der Waals surface area contributed by atoms with Gasteiger partial charge in [-0.1, -0.05) is 18.4 Å². The molecule has 240 valence electrons. The third-order valence-electron chi connectivity index (χ3n) is 9.96. The summed E-state index contributed by atoms with van der Waals surface area (Å²) in [4.78, 5) is 27.6. The minimum atomic E-state index is -0.922. The van der Waals surface area contributed by atoms with E-state index in [9.17, 15) is 23.8 Å².